The molecule has 28 heavy (non-hydrogen) atoms. The molecule has 0 amide bonds. The second kappa shape index (κ2) is 9.24. The van der Waals surface area contributed by atoms with E-state index in [2.05, 4.69) is 29.0 Å². The van der Waals surface area contributed by atoms with Gasteiger partial charge in [-0.3, -0.25) is 0 Å². The molecule has 1 N–H and O–H groups in total. The Labute approximate surface area is 171 Å². The molecule has 0 bridgehead atoms. The summed E-state index contributed by atoms with van der Waals surface area (Å²) in [7, 11) is -2.31. The monoisotopic (exact) mass is 415 g/mol. The third-order valence-corrected chi connectivity index (χ3v) is 6.26. The standard InChI is InChI=1S/C22H22ClNO3S/c1-27-21-13-12-19(23)16-22(21)28(25,26)24-15-14-20(17-8-4-2-5-9-17)18-10-6-3-7-11-18/h2-13,16,20,24H,14-15H2,1H3. The molecule has 0 radical (unpaired) electrons. The summed E-state index contributed by atoms with van der Waals surface area (Å²) in [6.45, 7) is 0.284. The largest absolute Gasteiger partial charge is 0.495 e. The first kappa shape index (κ1) is 20.4. The summed E-state index contributed by atoms with van der Waals surface area (Å²) in [6.07, 6.45) is 0.621. The van der Waals surface area contributed by atoms with Gasteiger partial charge in [-0.15, -0.1) is 0 Å². The fraction of sp³-hybridized carbons (Fsp3) is 0.182. The molecule has 0 saturated heterocycles. The average Bonchev–Trinajstić information content (AvgIpc) is 2.72. The van der Waals surface area contributed by atoms with Crippen LogP contribution in [0.3, 0.4) is 0 Å². The van der Waals surface area contributed by atoms with Gasteiger partial charge >= 0.3 is 0 Å². The highest BCUT2D eigenvalue weighted by Gasteiger charge is 2.21. The van der Waals surface area contributed by atoms with Crippen LogP contribution in [-0.4, -0.2) is 22.1 Å². The Morgan fingerprint density at radius 3 is 2.04 bits per heavy atom. The summed E-state index contributed by atoms with van der Waals surface area (Å²) in [5.41, 5.74) is 2.29. The number of halogens is 1. The number of ether oxygens (including phenoxy) is 1. The first-order chi connectivity index (χ1) is 13.5. The topological polar surface area (TPSA) is 55.4 Å². The van der Waals surface area contributed by atoms with E-state index in [1.165, 1.54) is 13.2 Å². The van der Waals surface area contributed by atoms with Crippen LogP contribution in [0, 0.1) is 0 Å². The number of hydrogen-bond acceptors (Lipinski definition) is 3. The number of hydrogen-bond donors (Lipinski definition) is 1. The second-order valence-electron chi connectivity index (χ2n) is 6.36. The molecule has 146 valence electrons. The van der Waals surface area contributed by atoms with Crippen molar-refractivity contribution < 1.29 is 13.2 Å². The summed E-state index contributed by atoms with van der Waals surface area (Å²) in [5, 5.41) is 0.340. The molecule has 3 rings (SSSR count). The van der Waals surface area contributed by atoms with E-state index in [0.29, 0.717) is 11.4 Å². The van der Waals surface area contributed by atoms with Gasteiger partial charge in [0.2, 0.25) is 10.0 Å². The van der Waals surface area contributed by atoms with Crippen molar-refractivity contribution in [2.75, 3.05) is 13.7 Å². The number of sulfonamides is 1. The van der Waals surface area contributed by atoms with E-state index in [4.69, 9.17) is 16.3 Å². The first-order valence-corrected chi connectivity index (χ1v) is 10.8. The molecule has 0 aromatic heterocycles. The Balaban J connectivity index is 1.78. The molecule has 0 aliphatic heterocycles. The maximum atomic E-state index is 12.8. The van der Waals surface area contributed by atoms with Gasteiger partial charge in [0.15, 0.2) is 0 Å². The molecular formula is C22H22ClNO3S. The summed E-state index contributed by atoms with van der Waals surface area (Å²) in [5.74, 6) is 0.353. The van der Waals surface area contributed by atoms with Gasteiger partial charge in [0.05, 0.1) is 7.11 Å². The van der Waals surface area contributed by atoms with Crippen molar-refractivity contribution in [1.29, 1.82) is 0 Å². The summed E-state index contributed by atoms with van der Waals surface area (Å²) in [4.78, 5) is 0.0403. The number of benzene rings is 3. The normalized spacial score (nSPS) is 11.5. The molecule has 0 fully saturated rings. The quantitative estimate of drug-likeness (QED) is 0.572. The van der Waals surface area contributed by atoms with Crippen LogP contribution in [0.25, 0.3) is 0 Å². The molecule has 3 aromatic rings. The lowest BCUT2D eigenvalue weighted by atomic mass is 9.89. The van der Waals surface area contributed by atoms with Crippen LogP contribution in [0.5, 0.6) is 5.75 Å². The second-order valence-corrected chi connectivity index (χ2v) is 8.53. The fourth-order valence-electron chi connectivity index (χ4n) is 3.17. The number of methoxy groups -OCH3 is 1. The lowest BCUT2D eigenvalue weighted by molar-refractivity contribution is 0.402. The van der Waals surface area contributed by atoms with Crippen LogP contribution < -0.4 is 9.46 Å². The highest BCUT2D eigenvalue weighted by atomic mass is 35.5. The summed E-state index contributed by atoms with van der Waals surface area (Å²) in [6, 6.07) is 24.7. The van der Waals surface area contributed by atoms with E-state index < -0.39 is 10.0 Å². The van der Waals surface area contributed by atoms with E-state index in [1.54, 1.807) is 12.1 Å². The van der Waals surface area contributed by atoms with E-state index >= 15 is 0 Å². The van der Waals surface area contributed by atoms with Crippen molar-refractivity contribution in [3.05, 3.63) is 95.0 Å². The predicted molar refractivity (Wildman–Crippen MR) is 113 cm³/mol. The van der Waals surface area contributed by atoms with Gasteiger partial charge in [0, 0.05) is 17.5 Å². The number of nitrogens with one attached hydrogen (secondary N) is 1. The van der Waals surface area contributed by atoms with Crippen LogP contribution in [-0.2, 0) is 10.0 Å². The van der Waals surface area contributed by atoms with Gasteiger partial charge in [0.25, 0.3) is 0 Å². The van der Waals surface area contributed by atoms with Gasteiger partial charge in [-0.25, -0.2) is 13.1 Å². The molecule has 0 spiro atoms. The molecule has 6 heteroatoms. The molecule has 0 unspecified atom stereocenters. The Kier molecular flexibility index (Phi) is 6.73. The van der Waals surface area contributed by atoms with Crippen LogP contribution in [0.4, 0.5) is 0 Å². The molecule has 0 saturated carbocycles. The zero-order valence-corrected chi connectivity index (χ0v) is 17.1. The molecule has 3 aromatic carbocycles. The lowest BCUT2D eigenvalue weighted by Crippen LogP contribution is -2.26. The Morgan fingerprint density at radius 2 is 1.50 bits per heavy atom. The van der Waals surface area contributed by atoms with Crippen molar-refractivity contribution in [1.82, 2.24) is 4.72 Å². The minimum atomic E-state index is -3.75. The van der Waals surface area contributed by atoms with Crippen LogP contribution >= 0.6 is 11.6 Å². The summed E-state index contributed by atoms with van der Waals surface area (Å²) < 4.78 is 33.4. The average molecular weight is 416 g/mol. The minimum absolute atomic E-state index is 0.0403. The van der Waals surface area contributed by atoms with Crippen LogP contribution in [0.15, 0.2) is 83.8 Å². The van der Waals surface area contributed by atoms with Crippen molar-refractivity contribution >= 4 is 21.6 Å². The van der Waals surface area contributed by atoms with E-state index in [0.717, 1.165) is 11.1 Å². The zero-order chi connectivity index (χ0) is 20.0. The van der Waals surface area contributed by atoms with Crippen LogP contribution in [0.2, 0.25) is 5.02 Å². The highest BCUT2D eigenvalue weighted by molar-refractivity contribution is 7.89. The minimum Gasteiger partial charge on any atom is -0.495 e. The lowest BCUT2D eigenvalue weighted by Gasteiger charge is -2.19. The van der Waals surface area contributed by atoms with Gasteiger partial charge in [-0.05, 0) is 35.7 Å². The molecule has 0 aliphatic carbocycles. The fourth-order valence-corrected chi connectivity index (χ4v) is 4.65. The highest BCUT2D eigenvalue weighted by Crippen LogP contribution is 2.29. The van der Waals surface area contributed by atoms with Crippen molar-refractivity contribution in [3.8, 4) is 5.75 Å². The molecular weight excluding hydrogens is 394 g/mol. The van der Waals surface area contributed by atoms with Gasteiger partial charge in [-0.1, -0.05) is 72.3 Å². The molecule has 0 aliphatic rings. The predicted octanol–water partition coefficient (Wildman–Crippen LogP) is 4.85. The maximum absolute atomic E-state index is 12.8. The van der Waals surface area contributed by atoms with E-state index in [-0.39, 0.29) is 23.1 Å². The smallest absolute Gasteiger partial charge is 0.244 e. The third-order valence-electron chi connectivity index (χ3n) is 4.54. The Bertz CT molecular complexity index is 969. The van der Waals surface area contributed by atoms with Crippen molar-refractivity contribution in [2.45, 2.75) is 17.2 Å². The maximum Gasteiger partial charge on any atom is 0.244 e. The van der Waals surface area contributed by atoms with Gasteiger partial charge < -0.3 is 4.74 Å². The number of rotatable bonds is 8. The SMILES string of the molecule is COc1ccc(Cl)cc1S(=O)(=O)NCCC(c1ccccc1)c1ccccc1. The van der Waals surface area contributed by atoms with Crippen molar-refractivity contribution in [3.63, 3.8) is 0 Å². The van der Waals surface area contributed by atoms with Crippen LogP contribution in [0.1, 0.15) is 23.5 Å². The first-order valence-electron chi connectivity index (χ1n) is 8.94. The molecule has 4 nitrogen and oxygen atoms in total. The van der Waals surface area contributed by atoms with E-state index in [9.17, 15) is 8.42 Å². The third kappa shape index (κ3) is 4.93. The zero-order valence-electron chi connectivity index (χ0n) is 15.5. The molecule has 0 atom stereocenters. The van der Waals surface area contributed by atoms with E-state index in [1.807, 2.05) is 36.4 Å². The van der Waals surface area contributed by atoms with Gasteiger partial charge in [-0.2, -0.15) is 0 Å². The molecule has 0 heterocycles. The van der Waals surface area contributed by atoms with Crippen molar-refractivity contribution in [2.24, 2.45) is 0 Å². The Hall–Kier alpha value is -2.34. The van der Waals surface area contributed by atoms with Gasteiger partial charge in [0.1, 0.15) is 10.6 Å². The summed E-state index contributed by atoms with van der Waals surface area (Å²) >= 11 is 5.98. The Morgan fingerprint density at radius 1 is 0.929 bits per heavy atom.